The number of methoxy groups -OCH3 is 1. The molecule has 1 aliphatic rings. The Balaban J connectivity index is 2.03. The number of nitrogens with zero attached hydrogens (tertiary/aromatic N) is 1. The summed E-state index contributed by atoms with van der Waals surface area (Å²) in [5.41, 5.74) is 0.787. The molecule has 1 aromatic carbocycles. The number of carbonyl (C=O) groups excluding carboxylic acids is 1. The second-order valence-corrected chi connectivity index (χ2v) is 5.24. The number of rotatable bonds is 4. The first-order valence-corrected chi connectivity index (χ1v) is 6.08. The smallest absolute Gasteiger partial charge is 0.223 e. The molecule has 0 aliphatic carbocycles. The van der Waals surface area contributed by atoms with Gasteiger partial charge in [0, 0.05) is 24.9 Å². The Morgan fingerprint density at radius 3 is 2.56 bits per heavy atom. The minimum atomic E-state index is -0.288. The standard InChI is InChI=1S/C14H19NO3/c1-14(10-16)7-13(17)15(9-14)8-11-3-5-12(18-2)6-4-11/h3-6,16H,7-10H2,1-2H3. The number of ether oxygens (including phenoxy) is 1. The van der Waals surface area contributed by atoms with Crippen LogP contribution in [-0.4, -0.2) is 36.2 Å². The van der Waals surface area contributed by atoms with Gasteiger partial charge in [-0.05, 0) is 17.7 Å². The van der Waals surface area contributed by atoms with E-state index in [0.29, 0.717) is 19.5 Å². The molecule has 98 valence electrons. The Hall–Kier alpha value is -1.55. The SMILES string of the molecule is COc1ccc(CN2CC(C)(CO)CC2=O)cc1. The third-order valence-corrected chi connectivity index (χ3v) is 3.42. The van der Waals surface area contributed by atoms with Gasteiger partial charge in [0.2, 0.25) is 5.91 Å². The molecule has 1 atom stereocenters. The maximum atomic E-state index is 11.9. The van der Waals surface area contributed by atoms with Gasteiger partial charge < -0.3 is 14.7 Å². The molecule has 1 aromatic rings. The summed E-state index contributed by atoms with van der Waals surface area (Å²) in [4.78, 5) is 13.7. The van der Waals surface area contributed by atoms with Gasteiger partial charge in [0.1, 0.15) is 5.75 Å². The lowest BCUT2D eigenvalue weighted by atomic mass is 9.91. The van der Waals surface area contributed by atoms with E-state index >= 15 is 0 Å². The molecule has 1 saturated heterocycles. The van der Waals surface area contributed by atoms with Gasteiger partial charge >= 0.3 is 0 Å². The molecule has 1 aliphatic heterocycles. The normalized spacial score (nSPS) is 23.5. The van der Waals surface area contributed by atoms with E-state index in [9.17, 15) is 9.90 Å². The van der Waals surface area contributed by atoms with Gasteiger partial charge in [-0.1, -0.05) is 19.1 Å². The van der Waals surface area contributed by atoms with E-state index in [-0.39, 0.29) is 17.9 Å². The number of likely N-dealkylation sites (tertiary alicyclic amines) is 1. The summed E-state index contributed by atoms with van der Waals surface area (Å²) < 4.78 is 5.10. The highest BCUT2D eigenvalue weighted by molar-refractivity contribution is 5.79. The minimum Gasteiger partial charge on any atom is -0.497 e. The van der Waals surface area contributed by atoms with Crippen LogP contribution in [0.25, 0.3) is 0 Å². The van der Waals surface area contributed by atoms with E-state index in [2.05, 4.69) is 0 Å². The lowest BCUT2D eigenvalue weighted by molar-refractivity contribution is -0.128. The summed E-state index contributed by atoms with van der Waals surface area (Å²) in [5, 5.41) is 9.30. The molecule has 1 fully saturated rings. The van der Waals surface area contributed by atoms with Crippen molar-refractivity contribution >= 4 is 5.91 Å². The van der Waals surface area contributed by atoms with Crippen LogP contribution in [0.4, 0.5) is 0 Å². The summed E-state index contributed by atoms with van der Waals surface area (Å²) >= 11 is 0. The Kier molecular flexibility index (Phi) is 3.57. The van der Waals surface area contributed by atoms with Gasteiger partial charge in [-0.15, -0.1) is 0 Å². The van der Waals surface area contributed by atoms with Crippen LogP contribution in [0.15, 0.2) is 24.3 Å². The van der Waals surface area contributed by atoms with E-state index in [1.54, 1.807) is 12.0 Å². The molecule has 0 aromatic heterocycles. The van der Waals surface area contributed by atoms with Gasteiger partial charge in [-0.3, -0.25) is 4.79 Å². The van der Waals surface area contributed by atoms with Crippen LogP contribution in [0.1, 0.15) is 18.9 Å². The quantitative estimate of drug-likeness (QED) is 0.878. The van der Waals surface area contributed by atoms with Crippen LogP contribution in [0.2, 0.25) is 0 Å². The van der Waals surface area contributed by atoms with Crippen LogP contribution in [0.3, 0.4) is 0 Å². The van der Waals surface area contributed by atoms with Crippen LogP contribution in [-0.2, 0) is 11.3 Å². The van der Waals surface area contributed by atoms with Crippen LogP contribution < -0.4 is 4.74 Å². The maximum absolute atomic E-state index is 11.9. The molecule has 0 bridgehead atoms. The Morgan fingerprint density at radius 1 is 1.39 bits per heavy atom. The van der Waals surface area contributed by atoms with Gasteiger partial charge in [-0.2, -0.15) is 0 Å². The monoisotopic (exact) mass is 249 g/mol. The highest BCUT2D eigenvalue weighted by Gasteiger charge is 2.38. The molecular weight excluding hydrogens is 230 g/mol. The number of amides is 1. The lowest BCUT2D eigenvalue weighted by Gasteiger charge is -2.21. The second-order valence-electron chi connectivity index (χ2n) is 5.24. The van der Waals surface area contributed by atoms with Gasteiger partial charge in [-0.25, -0.2) is 0 Å². The molecule has 0 spiro atoms. The third-order valence-electron chi connectivity index (χ3n) is 3.42. The van der Waals surface area contributed by atoms with Crippen molar-refractivity contribution in [3.63, 3.8) is 0 Å². The zero-order valence-corrected chi connectivity index (χ0v) is 10.8. The van der Waals surface area contributed by atoms with E-state index in [1.807, 2.05) is 31.2 Å². The number of carbonyl (C=O) groups is 1. The van der Waals surface area contributed by atoms with E-state index in [4.69, 9.17) is 4.74 Å². The summed E-state index contributed by atoms with van der Waals surface area (Å²) in [6.07, 6.45) is 0.430. The Labute approximate surface area is 107 Å². The molecule has 1 amide bonds. The van der Waals surface area contributed by atoms with Crippen molar-refractivity contribution < 1.29 is 14.6 Å². The molecule has 1 heterocycles. The average molecular weight is 249 g/mol. The van der Waals surface area contributed by atoms with Crippen LogP contribution in [0, 0.1) is 5.41 Å². The largest absolute Gasteiger partial charge is 0.497 e. The van der Waals surface area contributed by atoms with Crippen LogP contribution >= 0.6 is 0 Å². The summed E-state index contributed by atoms with van der Waals surface area (Å²) in [5.74, 6) is 0.925. The summed E-state index contributed by atoms with van der Waals surface area (Å²) in [7, 11) is 1.63. The van der Waals surface area contributed by atoms with Crippen molar-refractivity contribution in [2.45, 2.75) is 19.9 Å². The maximum Gasteiger partial charge on any atom is 0.223 e. The zero-order chi connectivity index (χ0) is 13.2. The third kappa shape index (κ3) is 2.64. The molecular formula is C14H19NO3. The van der Waals surface area contributed by atoms with Crippen molar-refractivity contribution in [1.82, 2.24) is 4.90 Å². The van der Waals surface area contributed by atoms with Crippen molar-refractivity contribution in [2.75, 3.05) is 20.3 Å². The molecule has 0 radical (unpaired) electrons. The number of benzene rings is 1. The fourth-order valence-electron chi connectivity index (χ4n) is 2.28. The molecule has 4 heteroatoms. The van der Waals surface area contributed by atoms with Gasteiger partial charge in [0.25, 0.3) is 0 Å². The predicted octanol–water partition coefficient (Wildman–Crippen LogP) is 1.43. The molecule has 2 rings (SSSR count). The molecule has 18 heavy (non-hydrogen) atoms. The van der Waals surface area contributed by atoms with Gasteiger partial charge in [0.15, 0.2) is 0 Å². The first-order chi connectivity index (χ1) is 8.56. The predicted molar refractivity (Wildman–Crippen MR) is 68.2 cm³/mol. The fraction of sp³-hybridized carbons (Fsp3) is 0.500. The second kappa shape index (κ2) is 4.98. The summed E-state index contributed by atoms with van der Waals surface area (Å²) in [6, 6.07) is 7.70. The highest BCUT2D eigenvalue weighted by atomic mass is 16.5. The van der Waals surface area contributed by atoms with E-state index in [0.717, 1.165) is 11.3 Å². The van der Waals surface area contributed by atoms with E-state index in [1.165, 1.54) is 0 Å². The Bertz CT molecular complexity index is 429. The van der Waals surface area contributed by atoms with Crippen molar-refractivity contribution in [1.29, 1.82) is 0 Å². The number of hydrogen-bond donors (Lipinski definition) is 1. The lowest BCUT2D eigenvalue weighted by Crippen LogP contribution is -2.28. The molecule has 1 N–H and O–H groups in total. The van der Waals surface area contributed by atoms with Crippen molar-refractivity contribution in [3.8, 4) is 5.75 Å². The Morgan fingerprint density at radius 2 is 2.06 bits per heavy atom. The first kappa shape index (κ1) is 12.9. The van der Waals surface area contributed by atoms with Gasteiger partial charge in [0.05, 0.1) is 13.7 Å². The average Bonchev–Trinajstić information content (AvgIpc) is 2.66. The minimum absolute atomic E-state index is 0.0534. The number of aliphatic hydroxyl groups is 1. The van der Waals surface area contributed by atoms with E-state index < -0.39 is 0 Å². The van der Waals surface area contributed by atoms with Crippen molar-refractivity contribution in [2.24, 2.45) is 5.41 Å². The van der Waals surface area contributed by atoms with Crippen LogP contribution in [0.5, 0.6) is 5.75 Å². The molecule has 0 saturated carbocycles. The topological polar surface area (TPSA) is 49.8 Å². The number of aliphatic hydroxyl groups excluding tert-OH is 1. The molecule has 4 nitrogen and oxygen atoms in total. The fourth-order valence-corrected chi connectivity index (χ4v) is 2.28. The molecule has 1 unspecified atom stereocenters. The first-order valence-electron chi connectivity index (χ1n) is 6.08. The number of hydrogen-bond acceptors (Lipinski definition) is 3. The zero-order valence-electron chi connectivity index (χ0n) is 10.8. The van der Waals surface area contributed by atoms with Crippen molar-refractivity contribution in [3.05, 3.63) is 29.8 Å². The highest BCUT2D eigenvalue weighted by Crippen LogP contribution is 2.31. The summed E-state index contributed by atoms with van der Waals surface area (Å²) in [6.45, 7) is 3.21.